The van der Waals surface area contributed by atoms with Crippen molar-refractivity contribution in [3.05, 3.63) is 23.8 Å². The van der Waals surface area contributed by atoms with Gasteiger partial charge in [0.1, 0.15) is 0 Å². The Bertz CT molecular complexity index is 376. The van der Waals surface area contributed by atoms with E-state index in [0.717, 1.165) is 31.1 Å². The largest absolute Gasteiger partial charge is 0.490 e. The van der Waals surface area contributed by atoms with E-state index in [0.29, 0.717) is 12.1 Å². The predicted octanol–water partition coefficient (Wildman–Crippen LogP) is 2.91. The molecule has 1 atom stereocenters. The Morgan fingerprint density at radius 1 is 1.06 bits per heavy atom. The maximum absolute atomic E-state index is 5.69. The molecule has 17 heavy (non-hydrogen) atoms. The second-order valence-electron chi connectivity index (χ2n) is 4.80. The van der Waals surface area contributed by atoms with Gasteiger partial charge in [-0.25, -0.2) is 0 Å². The fourth-order valence-corrected chi connectivity index (χ4v) is 2.05. The standard InChI is InChI=1S/C14H21NO2/c1-10(2)15-11(3)12-5-6-13-14(9-12)17-8-4-7-16-13/h5-6,9-11,15H,4,7-8H2,1-3H3. The summed E-state index contributed by atoms with van der Waals surface area (Å²) in [5, 5.41) is 3.49. The van der Waals surface area contributed by atoms with Gasteiger partial charge in [-0.2, -0.15) is 0 Å². The Morgan fingerprint density at radius 2 is 1.76 bits per heavy atom. The summed E-state index contributed by atoms with van der Waals surface area (Å²) in [4.78, 5) is 0. The number of ether oxygens (including phenoxy) is 2. The zero-order valence-corrected chi connectivity index (χ0v) is 10.8. The molecule has 3 nitrogen and oxygen atoms in total. The first kappa shape index (κ1) is 12.2. The van der Waals surface area contributed by atoms with Crippen LogP contribution in [0.5, 0.6) is 11.5 Å². The minimum absolute atomic E-state index is 0.326. The molecule has 0 amide bonds. The van der Waals surface area contributed by atoms with Crippen LogP contribution in [0.4, 0.5) is 0 Å². The van der Waals surface area contributed by atoms with Crippen molar-refractivity contribution in [3.8, 4) is 11.5 Å². The van der Waals surface area contributed by atoms with Crippen molar-refractivity contribution in [1.29, 1.82) is 0 Å². The Hall–Kier alpha value is -1.22. The van der Waals surface area contributed by atoms with E-state index in [1.807, 2.05) is 6.07 Å². The number of benzene rings is 1. The van der Waals surface area contributed by atoms with E-state index >= 15 is 0 Å². The van der Waals surface area contributed by atoms with Gasteiger partial charge in [-0.1, -0.05) is 19.9 Å². The first-order valence-electron chi connectivity index (χ1n) is 6.32. The fourth-order valence-electron chi connectivity index (χ4n) is 2.05. The van der Waals surface area contributed by atoms with Crippen molar-refractivity contribution in [2.75, 3.05) is 13.2 Å². The fraction of sp³-hybridized carbons (Fsp3) is 0.571. The quantitative estimate of drug-likeness (QED) is 0.873. The molecule has 0 spiro atoms. The maximum Gasteiger partial charge on any atom is 0.161 e. The smallest absolute Gasteiger partial charge is 0.161 e. The Kier molecular flexibility index (Phi) is 3.89. The third-order valence-electron chi connectivity index (χ3n) is 2.85. The van der Waals surface area contributed by atoms with Gasteiger partial charge in [0.2, 0.25) is 0 Å². The zero-order valence-electron chi connectivity index (χ0n) is 10.8. The van der Waals surface area contributed by atoms with Crippen molar-refractivity contribution in [1.82, 2.24) is 5.32 Å². The van der Waals surface area contributed by atoms with Crippen molar-refractivity contribution >= 4 is 0 Å². The molecule has 1 heterocycles. The summed E-state index contributed by atoms with van der Waals surface area (Å²) in [6.45, 7) is 7.95. The van der Waals surface area contributed by atoms with Crippen molar-refractivity contribution in [2.24, 2.45) is 0 Å². The Labute approximate surface area is 103 Å². The van der Waals surface area contributed by atoms with E-state index in [-0.39, 0.29) is 0 Å². The van der Waals surface area contributed by atoms with E-state index in [9.17, 15) is 0 Å². The summed E-state index contributed by atoms with van der Waals surface area (Å²) >= 11 is 0. The van der Waals surface area contributed by atoms with Crippen LogP contribution in [-0.4, -0.2) is 19.3 Å². The molecule has 1 aromatic rings. The minimum Gasteiger partial charge on any atom is -0.490 e. The molecule has 0 aromatic heterocycles. The minimum atomic E-state index is 0.326. The summed E-state index contributed by atoms with van der Waals surface area (Å²) < 4.78 is 11.3. The van der Waals surface area contributed by atoms with Crippen LogP contribution in [0.1, 0.15) is 38.8 Å². The van der Waals surface area contributed by atoms with Crippen LogP contribution in [0.25, 0.3) is 0 Å². The van der Waals surface area contributed by atoms with E-state index in [2.05, 4.69) is 38.2 Å². The second kappa shape index (κ2) is 5.41. The lowest BCUT2D eigenvalue weighted by atomic mass is 10.1. The van der Waals surface area contributed by atoms with Gasteiger partial charge in [-0.15, -0.1) is 0 Å². The van der Waals surface area contributed by atoms with Crippen molar-refractivity contribution in [2.45, 2.75) is 39.3 Å². The number of hydrogen-bond acceptors (Lipinski definition) is 3. The van der Waals surface area contributed by atoms with Gasteiger partial charge < -0.3 is 14.8 Å². The van der Waals surface area contributed by atoms with Crippen LogP contribution in [0.2, 0.25) is 0 Å². The zero-order chi connectivity index (χ0) is 12.3. The van der Waals surface area contributed by atoms with Gasteiger partial charge in [0.25, 0.3) is 0 Å². The van der Waals surface area contributed by atoms with Crippen molar-refractivity contribution in [3.63, 3.8) is 0 Å². The molecule has 1 aliphatic heterocycles. The van der Waals surface area contributed by atoms with Crippen LogP contribution < -0.4 is 14.8 Å². The molecule has 1 unspecified atom stereocenters. The molecule has 0 bridgehead atoms. The third-order valence-corrected chi connectivity index (χ3v) is 2.85. The summed E-state index contributed by atoms with van der Waals surface area (Å²) in [7, 11) is 0. The monoisotopic (exact) mass is 235 g/mol. The Balaban J connectivity index is 2.17. The van der Waals surface area contributed by atoms with Crippen LogP contribution in [0, 0.1) is 0 Å². The van der Waals surface area contributed by atoms with Gasteiger partial charge in [0.15, 0.2) is 11.5 Å². The van der Waals surface area contributed by atoms with E-state index < -0.39 is 0 Å². The highest BCUT2D eigenvalue weighted by Crippen LogP contribution is 2.32. The highest BCUT2D eigenvalue weighted by molar-refractivity contribution is 5.44. The van der Waals surface area contributed by atoms with Gasteiger partial charge >= 0.3 is 0 Å². The average molecular weight is 235 g/mol. The van der Waals surface area contributed by atoms with E-state index in [4.69, 9.17) is 9.47 Å². The lowest BCUT2D eigenvalue weighted by molar-refractivity contribution is 0.297. The van der Waals surface area contributed by atoms with Gasteiger partial charge in [0.05, 0.1) is 13.2 Å². The maximum atomic E-state index is 5.69. The normalized spacial score (nSPS) is 16.7. The van der Waals surface area contributed by atoms with Crippen molar-refractivity contribution < 1.29 is 9.47 Å². The van der Waals surface area contributed by atoms with E-state index in [1.165, 1.54) is 5.56 Å². The number of nitrogens with one attached hydrogen (secondary N) is 1. The SMILES string of the molecule is CC(C)NC(C)c1ccc2c(c1)OCCCO2. The molecule has 0 radical (unpaired) electrons. The highest BCUT2D eigenvalue weighted by atomic mass is 16.5. The summed E-state index contributed by atoms with van der Waals surface area (Å²) in [6, 6.07) is 7.00. The molecule has 3 heteroatoms. The molecular weight excluding hydrogens is 214 g/mol. The lowest BCUT2D eigenvalue weighted by Gasteiger charge is -2.18. The van der Waals surface area contributed by atoms with Gasteiger partial charge in [-0.3, -0.25) is 0 Å². The molecule has 2 rings (SSSR count). The van der Waals surface area contributed by atoms with Gasteiger partial charge in [0, 0.05) is 18.5 Å². The number of fused-ring (bicyclic) bond motifs is 1. The first-order chi connectivity index (χ1) is 8.16. The molecule has 94 valence electrons. The molecular formula is C14H21NO2. The Morgan fingerprint density at radius 3 is 2.47 bits per heavy atom. The first-order valence-corrected chi connectivity index (χ1v) is 6.32. The molecule has 1 aliphatic rings. The average Bonchev–Trinajstić information content (AvgIpc) is 2.51. The predicted molar refractivity (Wildman–Crippen MR) is 68.7 cm³/mol. The van der Waals surface area contributed by atoms with Crippen LogP contribution >= 0.6 is 0 Å². The molecule has 0 saturated carbocycles. The van der Waals surface area contributed by atoms with Gasteiger partial charge in [-0.05, 0) is 24.6 Å². The van der Waals surface area contributed by atoms with Crippen LogP contribution in [0.3, 0.4) is 0 Å². The summed E-state index contributed by atoms with van der Waals surface area (Å²) in [6.07, 6.45) is 0.948. The second-order valence-corrected chi connectivity index (χ2v) is 4.80. The summed E-state index contributed by atoms with van der Waals surface area (Å²) in [5.41, 5.74) is 1.24. The van der Waals surface area contributed by atoms with Crippen LogP contribution in [0.15, 0.2) is 18.2 Å². The topological polar surface area (TPSA) is 30.5 Å². The molecule has 0 fully saturated rings. The summed E-state index contributed by atoms with van der Waals surface area (Å²) in [5.74, 6) is 1.74. The molecule has 1 N–H and O–H groups in total. The lowest BCUT2D eigenvalue weighted by Crippen LogP contribution is -2.26. The highest BCUT2D eigenvalue weighted by Gasteiger charge is 2.13. The number of hydrogen-bond donors (Lipinski definition) is 1. The third kappa shape index (κ3) is 3.13. The molecule has 1 aromatic carbocycles. The van der Waals surface area contributed by atoms with Crippen LogP contribution in [-0.2, 0) is 0 Å². The molecule has 0 aliphatic carbocycles. The van der Waals surface area contributed by atoms with E-state index in [1.54, 1.807) is 0 Å². The molecule has 0 saturated heterocycles. The number of rotatable bonds is 3.